The Labute approximate surface area is 88.4 Å². The number of hydrogen-bond acceptors (Lipinski definition) is 0. The minimum absolute atomic E-state index is 0. The van der Waals surface area contributed by atoms with Crippen molar-refractivity contribution in [2.75, 3.05) is 0 Å². The van der Waals surface area contributed by atoms with E-state index in [4.69, 9.17) is 6.42 Å². The molecule has 1 heteroatoms. The molecule has 13 heavy (non-hydrogen) atoms. The summed E-state index contributed by atoms with van der Waals surface area (Å²) >= 11 is 0. The van der Waals surface area contributed by atoms with Gasteiger partial charge in [0.05, 0.1) is 0 Å². The predicted molar refractivity (Wildman–Crippen MR) is 50.2 cm³/mol. The summed E-state index contributed by atoms with van der Waals surface area (Å²) in [4.78, 5) is 0. The van der Waals surface area contributed by atoms with E-state index in [0.29, 0.717) is 0 Å². The molecule has 0 aliphatic rings. The standard InChI is InChI=1S/C12H7.Cu/c1-2-10-7-5-8-11-6-3-4-9-12(10)11;/h3-9H;/q-1;+1. The van der Waals surface area contributed by atoms with Gasteiger partial charge in [-0.1, -0.05) is 41.8 Å². The van der Waals surface area contributed by atoms with Crippen LogP contribution < -0.4 is 0 Å². The first-order valence-corrected chi connectivity index (χ1v) is 3.82. The Morgan fingerprint density at radius 1 is 0.923 bits per heavy atom. The average molecular weight is 215 g/mol. The fourth-order valence-corrected chi connectivity index (χ4v) is 1.33. The molecule has 0 fully saturated rings. The molecule has 0 atom stereocenters. The van der Waals surface area contributed by atoms with Crippen LogP contribution in [0.15, 0.2) is 42.5 Å². The van der Waals surface area contributed by atoms with E-state index in [2.05, 4.69) is 5.92 Å². The summed E-state index contributed by atoms with van der Waals surface area (Å²) in [5.74, 6) is 2.42. The van der Waals surface area contributed by atoms with E-state index in [1.165, 1.54) is 0 Å². The molecule has 0 N–H and O–H groups in total. The molecule has 0 nitrogen and oxygen atoms in total. The molecule has 0 saturated heterocycles. The van der Waals surface area contributed by atoms with E-state index in [0.717, 1.165) is 16.3 Å². The van der Waals surface area contributed by atoms with Crippen molar-refractivity contribution in [3.05, 3.63) is 54.5 Å². The zero-order chi connectivity index (χ0) is 8.39. The van der Waals surface area contributed by atoms with Gasteiger partial charge in [0.1, 0.15) is 0 Å². The normalized spacial score (nSPS) is 8.85. The molecule has 0 radical (unpaired) electrons. The van der Waals surface area contributed by atoms with Gasteiger partial charge in [-0.3, -0.25) is 5.92 Å². The minimum atomic E-state index is 0. The van der Waals surface area contributed by atoms with Gasteiger partial charge >= 0.3 is 17.1 Å². The van der Waals surface area contributed by atoms with Crippen LogP contribution in [0.3, 0.4) is 0 Å². The van der Waals surface area contributed by atoms with Gasteiger partial charge in [-0.05, 0) is 5.39 Å². The van der Waals surface area contributed by atoms with E-state index in [9.17, 15) is 0 Å². The molecule has 0 unspecified atom stereocenters. The maximum Gasteiger partial charge on any atom is 1.00 e. The first kappa shape index (κ1) is 9.86. The van der Waals surface area contributed by atoms with Crippen molar-refractivity contribution in [3.63, 3.8) is 0 Å². The maximum absolute atomic E-state index is 7.08. The number of hydrogen-bond donors (Lipinski definition) is 0. The summed E-state index contributed by atoms with van der Waals surface area (Å²) < 4.78 is 0. The van der Waals surface area contributed by atoms with Gasteiger partial charge < -0.3 is 6.42 Å². The Kier molecular flexibility index (Phi) is 3.14. The van der Waals surface area contributed by atoms with Gasteiger partial charge in [-0.25, -0.2) is 0 Å². The number of fused-ring (bicyclic) bond motifs is 1. The number of benzene rings is 2. The van der Waals surface area contributed by atoms with Crippen LogP contribution in [0.25, 0.3) is 10.8 Å². The zero-order valence-corrected chi connectivity index (χ0v) is 7.78. The summed E-state index contributed by atoms with van der Waals surface area (Å²) in [7, 11) is 0. The van der Waals surface area contributed by atoms with Gasteiger partial charge in [0.2, 0.25) is 0 Å². The Hall–Kier alpha value is -1.22. The van der Waals surface area contributed by atoms with E-state index in [1.807, 2.05) is 42.5 Å². The average Bonchev–Trinajstić information content (AvgIpc) is 2.17. The summed E-state index contributed by atoms with van der Waals surface area (Å²) in [6.45, 7) is 0. The molecule has 0 aromatic heterocycles. The molecular weight excluding hydrogens is 208 g/mol. The van der Waals surface area contributed by atoms with E-state index < -0.39 is 0 Å². The van der Waals surface area contributed by atoms with Crippen LogP contribution in [0.5, 0.6) is 0 Å². The molecule has 0 saturated carbocycles. The Morgan fingerprint density at radius 2 is 1.62 bits per heavy atom. The second-order valence-electron chi connectivity index (χ2n) is 2.65. The Balaban J connectivity index is 0.000000845. The summed E-state index contributed by atoms with van der Waals surface area (Å²) in [5.41, 5.74) is 0.855. The molecular formula is C12H7Cu. The van der Waals surface area contributed by atoms with Crippen molar-refractivity contribution in [3.8, 4) is 5.92 Å². The molecule has 0 aliphatic heterocycles. The monoisotopic (exact) mass is 214 g/mol. The smallest absolute Gasteiger partial charge is 0.366 e. The molecule has 0 amide bonds. The Morgan fingerprint density at radius 3 is 2.38 bits per heavy atom. The molecule has 2 rings (SSSR count). The molecule has 0 bridgehead atoms. The van der Waals surface area contributed by atoms with Crippen molar-refractivity contribution < 1.29 is 17.1 Å². The van der Waals surface area contributed by atoms with E-state index in [1.54, 1.807) is 0 Å². The molecule has 66 valence electrons. The molecule has 2 aromatic carbocycles. The Bertz CT molecular complexity index is 447. The van der Waals surface area contributed by atoms with Gasteiger partial charge in [0, 0.05) is 0 Å². The van der Waals surface area contributed by atoms with Gasteiger partial charge in [0.25, 0.3) is 0 Å². The maximum atomic E-state index is 7.08. The van der Waals surface area contributed by atoms with Crippen molar-refractivity contribution in [2.45, 2.75) is 0 Å². The fourth-order valence-electron chi connectivity index (χ4n) is 1.33. The van der Waals surface area contributed by atoms with Crippen LogP contribution in [0.1, 0.15) is 5.56 Å². The molecule has 2 aromatic rings. The molecule has 0 spiro atoms. The third kappa shape index (κ3) is 1.75. The van der Waals surface area contributed by atoms with Crippen LogP contribution >= 0.6 is 0 Å². The van der Waals surface area contributed by atoms with E-state index in [-0.39, 0.29) is 17.1 Å². The summed E-state index contributed by atoms with van der Waals surface area (Å²) in [6.07, 6.45) is 7.08. The summed E-state index contributed by atoms with van der Waals surface area (Å²) in [5, 5.41) is 2.25. The third-order valence-corrected chi connectivity index (χ3v) is 1.92. The quantitative estimate of drug-likeness (QED) is 0.360. The van der Waals surface area contributed by atoms with Crippen LogP contribution in [-0.2, 0) is 17.1 Å². The second kappa shape index (κ2) is 4.14. The van der Waals surface area contributed by atoms with Crippen molar-refractivity contribution >= 4 is 10.8 Å². The first-order valence-electron chi connectivity index (χ1n) is 3.82. The van der Waals surface area contributed by atoms with Crippen molar-refractivity contribution in [2.24, 2.45) is 0 Å². The number of rotatable bonds is 0. The van der Waals surface area contributed by atoms with Crippen molar-refractivity contribution in [1.29, 1.82) is 0 Å². The van der Waals surface area contributed by atoms with Crippen LogP contribution in [0, 0.1) is 12.3 Å². The fraction of sp³-hybridized carbons (Fsp3) is 0. The third-order valence-electron chi connectivity index (χ3n) is 1.92. The molecule has 0 heterocycles. The van der Waals surface area contributed by atoms with Gasteiger partial charge in [-0.2, -0.15) is 0 Å². The topological polar surface area (TPSA) is 0 Å². The van der Waals surface area contributed by atoms with Crippen LogP contribution in [0.4, 0.5) is 0 Å². The van der Waals surface area contributed by atoms with Crippen LogP contribution in [-0.4, -0.2) is 0 Å². The molecule has 0 aliphatic carbocycles. The van der Waals surface area contributed by atoms with Gasteiger partial charge in [0.15, 0.2) is 0 Å². The second-order valence-corrected chi connectivity index (χ2v) is 2.65. The van der Waals surface area contributed by atoms with E-state index >= 15 is 0 Å². The van der Waals surface area contributed by atoms with Gasteiger partial charge in [-0.15, -0.1) is 11.6 Å². The summed E-state index contributed by atoms with van der Waals surface area (Å²) in [6, 6.07) is 13.9. The van der Waals surface area contributed by atoms with Crippen LogP contribution in [0.2, 0.25) is 0 Å². The largest absolute Gasteiger partial charge is 1.00 e. The van der Waals surface area contributed by atoms with Crippen molar-refractivity contribution in [1.82, 2.24) is 0 Å². The predicted octanol–water partition coefficient (Wildman–Crippen LogP) is 2.78. The first-order chi connectivity index (χ1) is 5.92. The SMILES string of the molecule is [C-]#Cc1cccc2ccccc12.[Cu+]. The minimum Gasteiger partial charge on any atom is -0.366 e. The zero-order valence-electron chi connectivity index (χ0n) is 6.84.